The average Bonchev–Trinajstić information content (AvgIpc) is 3.25. The number of amides is 6. The van der Waals surface area contributed by atoms with E-state index >= 15 is 0 Å². The van der Waals surface area contributed by atoms with Gasteiger partial charge in [-0.15, -0.1) is 11.8 Å². The number of nitrogens with zero attached hydrogens (tertiary/aromatic N) is 4. The van der Waals surface area contributed by atoms with Gasteiger partial charge in [0.25, 0.3) is 0 Å². The number of esters is 1. The maximum absolute atomic E-state index is 13.6. The van der Waals surface area contributed by atoms with E-state index in [1.54, 1.807) is 37.3 Å². The van der Waals surface area contributed by atoms with Crippen molar-refractivity contribution in [3.8, 4) is 0 Å². The van der Waals surface area contributed by atoms with Crippen LogP contribution in [0.15, 0.2) is 30.3 Å². The minimum absolute atomic E-state index is 0.0103. The van der Waals surface area contributed by atoms with Crippen molar-refractivity contribution < 1.29 is 33.5 Å². The Morgan fingerprint density at radius 1 is 1.05 bits per heavy atom. The van der Waals surface area contributed by atoms with E-state index in [4.69, 9.17) is 4.74 Å². The number of rotatable bonds is 11. The highest BCUT2D eigenvalue weighted by molar-refractivity contribution is 8.01. The number of β-lactam (4-membered cyclic amide) rings is 1. The Bertz CT molecular complexity index is 1260. The first-order chi connectivity index (χ1) is 20.4. The lowest BCUT2D eigenvalue weighted by molar-refractivity contribution is -0.164. The van der Waals surface area contributed by atoms with Crippen molar-refractivity contribution >= 4 is 47.4 Å². The molecule has 14 heteroatoms. The highest BCUT2D eigenvalue weighted by Crippen LogP contribution is 2.51. The molecule has 3 heterocycles. The predicted octanol–water partition coefficient (Wildman–Crippen LogP) is 0.560. The minimum atomic E-state index is -1.25. The quantitative estimate of drug-likeness (QED) is 0.207. The number of fused-ring (bicyclic) bond motifs is 1. The predicted molar refractivity (Wildman–Crippen MR) is 158 cm³/mol. The lowest BCUT2D eigenvalue weighted by Gasteiger charge is -2.44. The van der Waals surface area contributed by atoms with Crippen LogP contribution in [0.1, 0.15) is 46.2 Å². The van der Waals surface area contributed by atoms with Crippen molar-refractivity contribution in [3.05, 3.63) is 35.9 Å². The average molecular weight is 617 g/mol. The molecule has 43 heavy (non-hydrogen) atoms. The van der Waals surface area contributed by atoms with Gasteiger partial charge in [-0.25, -0.2) is 9.59 Å². The number of nitrogens with one attached hydrogen (secondary N) is 2. The van der Waals surface area contributed by atoms with Crippen LogP contribution in [-0.4, -0.2) is 123 Å². The molecule has 13 nitrogen and oxygen atoms in total. The molecular formula is C29H40N6O7S. The molecule has 4 atom stereocenters. The second-order valence-electron chi connectivity index (χ2n) is 11.1. The zero-order valence-corrected chi connectivity index (χ0v) is 26.0. The second kappa shape index (κ2) is 13.3. The van der Waals surface area contributed by atoms with Gasteiger partial charge in [0.1, 0.15) is 30.1 Å². The van der Waals surface area contributed by atoms with Crippen molar-refractivity contribution in [2.75, 3.05) is 45.9 Å². The molecule has 0 aliphatic carbocycles. The van der Waals surface area contributed by atoms with Gasteiger partial charge < -0.3 is 30.1 Å². The molecule has 2 N–H and O–H groups in total. The number of ether oxygens (including phenoxy) is 1. The Morgan fingerprint density at radius 3 is 2.35 bits per heavy atom. The maximum Gasteiger partial charge on any atom is 0.330 e. The summed E-state index contributed by atoms with van der Waals surface area (Å²) < 4.78 is 4.90. The van der Waals surface area contributed by atoms with E-state index in [1.807, 2.05) is 27.7 Å². The van der Waals surface area contributed by atoms with Gasteiger partial charge in [0, 0.05) is 30.9 Å². The van der Waals surface area contributed by atoms with Crippen molar-refractivity contribution in [1.82, 2.24) is 30.2 Å². The van der Waals surface area contributed by atoms with E-state index in [9.17, 15) is 28.8 Å². The number of carbonyl (C=O) groups is 6. The summed E-state index contributed by atoms with van der Waals surface area (Å²) >= 11 is 1.40. The number of hydrogen-bond acceptors (Lipinski definition) is 9. The van der Waals surface area contributed by atoms with Gasteiger partial charge in [-0.05, 0) is 39.4 Å². The number of hydrogen-bond donors (Lipinski definition) is 2. The molecule has 6 amide bonds. The zero-order valence-electron chi connectivity index (χ0n) is 25.2. The summed E-state index contributed by atoms with van der Waals surface area (Å²) in [5.41, 5.74) is 0.428. The molecule has 0 saturated carbocycles. The van der Waals surface area contributed by atoms with Crippen LogP contribution in [0.2, 0.25) is 0 Å². The summed E-state index contributed by atoms with van der Waals surface area (Å²) in [7, 11) is 0. The number of piperazine rings is 1. The van der Waals surface area contributed by atoms with Crippen molar-refractivity contribution in [2.45, 2.75) is 62.9 Å². The SMILES string of the molecule is CCN(CC)CCOC(=O)[C@@H]1N2C(=O)[C@@H](NC(=O)[C@H](NC(=O)N3CCN(CC)C(=O)C3=O)c3ccccc3)[C@H]2SC1(C)C. The summed E-state index contributed by atoms with van der Waals surface area (Å²) in [6.07, 6.45) is 0. The van der Waals surface area contributed by atoms with E-state index in [2.05, 4.69) is 15.5 Å². The third-order valence-corrected chi connectivity index (χ3v) is 9.68. The maximum atomic E-state index is 13.6. The minimum Gasteiger partial charge on any atom is -0.463 e. The molecule has 0 radical (unpaired) electrons. The second-order valence-corrected chi connectivity index (χ2v) is 12.8. The molecule has 4 rings (SSSR count). The van der Waals surface area contributed by atoms with E-state index in [1.165, 1.54) is 21.6 Å². The fraction of sp³-hybridized carbons (Fsp3) is 0.586. The molecule has 3 aliphatic rings. The molecule has 1 aromatic rings. The highest BCUT2D eigenvalue weighted by atomic mass is 32.2. The molecule has 3 fully saturated rings. The summed E-state index contributed by atoms with van der Waals surface area (Å²) in [5.74, 6) is -3.32. The van der Waals surface area contributed by atoms with E-state index < -0.39 is 63.9 Å². The van der Waals surface area contributed by atoms with Gasteiger partial charge in [-0.1, -0.05) is 44.2 Å². The summed E-state index contributed by atoms with van der Waals surface area (Å²) in [4.78, 5) is 83.8. The molecular weight excluding hydrogens is 576 g/mol. The van der Waals surface area contributed by atoms with Gasteiger partial charge in [0.15, 0.2) is 0 Å². The Labute approximate surface area is 255 Å². The highest BCUT2D eigenvalue weighted by Gasteiger charge is 2.64. The number of likely N-dealkylation sites (N-methyl/N-ethyl adjacent to an activating group) is 2. The van der Waals surface area contributed by atoms with Crippen LogP contribution in [0.4, 0.5) is 4.79 Å². The molecule has 3 saturated heterocycles. The fourth-order valence-corrected chi connectivity index (χ4v) is 7.20. The Morgan fingerprint density at radius 2 is 1.72 bits per heavy atom. The Hall–Kier alpha value is -3.65. The summed E-state index contributed by atoms with van der Waals surface area (Å²) in [6.45, 7) is 12.5. The Balaban J connectivity index is 1.44. The van der Waals surface area contributed by atoms with Crippen molar-refractivity contribution in [1.29, 1.82) is 0 Å². The lowest BCUT2D eigenvalue weighted by Crippen LogP contribution is -2.71. The number of urea groups is 1. The molecule has 1 aromatic carbocycles. The van der Waals surface area contributed by atoms with Gasteiger partial charge in [0.2, 0.25) is 11.8 Å². The molecule has 0 unspecified atom stereocenters. The lowest BCUT2D eigenvalue weighted by atomic mass is 9.95. The molecule has 0 spiro atoms. The summed E-state index contributed by atoms with van der Waals surface area (Å²) in [6, 6.07) is 4.54. The van der Waals surface area contributed by atoms with Gasteiger partial charge >= 0.3 is 23.8 Å². The van der Waals surface area contributed by atoms with Crippen LogP contribution < -0.4 is 10.6 Å². The first kappa shape index (κ1) is 32.3. The van der Waals surface area contributed by atoms with Crippen LogP contribution in [-0.2, 0) is 28.7 Å². The first-order valence-electron chi connectivity index (χ1n) is 14.6. The van der Waals surface area contributed by atoms with Crippen LogP contribution in [0.25, 0.3) is 0 Å². The fourth-order valence-electron chi connectivity index (χ4n) is 5.57. The van der Waals surface area contributed by atoms with Gasteiger partial charge in [0.05, 0.1) is 0 Å². The largest absolute Gasteiger partial charge is 0.463 e. The van der Waals surface area contributed by atoms with Crippen LogP contribution in [0.5, 0.6) is 0 Å². The van der Waals surface area contributed by atoms with E-state index in [-0.39, 0.29) is 19.7 Å². The topological polar surface area (TPSA) is 149 Å². The van der Waals surface area contributed by atoms with Gasteiger partial charge in [-0.3, -0.25) is 24.1 Å². The van der Waals surface area contributed by atoms with E-state index in [0.717, 1.165) is 18.0 Å². The summed E-state index contributed by atoms with van der Waals surface area (Å²) in [5, 5.41) is 4.82. The number of carbonyl (C=O) groups excluding carboxylic acids is 6. The Kier molecular flexibility index (Phi) is 10.0. The third kappa shape index (κ3) is 6.49. The standard InChI is InChI=1S/C29H40N6O7S/c1-6-32(7-2)16-17-42-27(40)21-29(4,5)43-26-20(23(37)35(21)26)30-22(36)19(18-12-10-9-11-13-18)31-28(41)34-15-14-33(8-3)24(38)25(34)39/h9-13,19-21,26H,6-8,14-17H2,1-5H3,(H,30,36)(H,31,41)/t19-,20-,21+,26-/m1/s1. The van der Waals surface area contributed by atoms with Crippen LogP contribution in [0, 0.1) is 0 Å². The number of thioether (sulfide) groups is 1. The molecule has 0 bridgehead atoms. The van der Waals surface area contributed by atoms with Crippen LogP contribution >= 0.6 is 11.8 Å². The van der Waals surface area contributed by atoms with E-state index in [0.29, 0.717) is 18.7 Å². The van der Waals surface area contributed by atoms with Crippen molar-refractivity contribution in [3.63, 3.8) is 0 Å². The molecule has 234 valence electrons. The first-order valence-corrected chi connectivity index (χ1v) is 15.5. The number of imide groups is 1. The monoisotopic (exact) mass is 616 g/mol. The van der Waals surface area contributed by atoms with Crippen molar-refractivity contribution in [2.24, 2.45) is 0 Å². The van der Waals surface area contributed by atoms with Gasteiger partial charge in [-0.2, -0.15) is 0 Å². The van der Waals surface area contributed by atoms with Crippen LogP contribution in [0.3, 0.4) is 0 Å². The number of benzene rings is 1. The smallest absolute Gasteiger partial charge is 0.330 e. The normalized spacial score (nSPS) is 23.5. The molecule has 0 aromatic heterocycles. The third-order valence-electron chi connectivity index (χ3n) is 8.11. The zero-order chi connectivity index (χ0) is 31.5. The molecule has 3 aliphatic heterocycles.